The van der Waals surface area contributed by atoms with Gasteiger partial charge in [-0.2, -0.15) is 0 Å². The lowest BCUT2D eigenvalue weighted by Crippen LogP contribution is -2.29. The van der Waals surface area contributed by atoms with Crippen LogP contribution in [0.15, 0.2) is 158 Å². The Balaban J connectivity index is 1.32. The SMILES string of the molecule is C/C=c1/c(-c2ccc3ccccc3c2)c2ccc(C3=CCCc4ccccc43)cc2c(-c2ccc(-c3cccc4ccccc34)cc2)/c1=C/C. The maximum Gasteiger partial charge on any atom is -0.00296 e. The van der Waals surface area contributed by atoms with Gasteiger partial charge in [0.25, 0.3) is 0 Å². The Morgan fingerprint density at radius 2 is 1.04 bits per heavy atom. The first-order valence-electron chi connectivity index (χ1n) is 17.8. The van der Waals surface area contributed by atoms with Crippen molar-refractivity contribution in [2.45, 2.75) is 26.7 Å². The molecule has 0 amide bonds. The zero-order valence-corrected chi connectivity index (χ0v) is 28.6. The van der Waals surface area contributed by atoms with E-state index < -0.39 is 0 Å². The number of allylic oxidation sites excluding steroid dienone is 1. The maximum absolute atomic E-state index is 2.47. The summed E-state index contributed by atoms with van der Waals surface area (Å²) in [6.45, 7) is 4.38. The van der Waals surface area contributed by atoms with E-state index in [1.807, 2.05) is 0 Å². The second-order valence-corrected chi connectivity index (χ2v) is 13.4. The number of rotatable bonds is 4. The van der Waals surface area contributed by atoms with E-state index in [-0.39, 0.29) is 0 Å². The molecule has 8 aromatic carbocycles. The third-order valence-electron chi connectivity index (χ3n) is 10.7. The van der Waals surface area contributed by atoms with Crippen molar-refractivity contribution in [2.75, 3.05) is 0 Å². The van der Waals surface area contributed by atoms with Gasteiger partial charge in [-0.05, 0) is 137 Å². The smallest absolute Gasteiger partial charge is 0.00296 e. The number of hydrogen-bond donors (Lipinski definition) is 0. The minimum absolute atomic E-state index is 1.06. The minimum atomic E-state index is 1.06. The Hall–Kier alpha value is -5.98. The molecule has 0 heteroatoms. The van der Waals surface area contributed by atoms with Gasteiger partial charge in [0.1, 0.15) is 0 Å². The Bertz CT molecular complexity index is 2750. The van der Waals surface area contributed by atoms with Gasteiger partial charge in [-0.25, -0.2) is 0 Å². The van der Waals surface area contributed by atoms with Gasteiger partial charge in [-0.1, -0.05) is 158 Å². The van der Waals surface area contributed by atoms with E-state index in [0.29, 0.717) is 0 Å². The van der Waals surface area contributed by atoms with Gasteiger partial charge in [0.2, 0.25) is 0 Å². The van der Waals surface area contributed by atoms with Crippen LogP contribution in [0.25, 0.3) is 83.4 Å². The van der Waals surface area contributed by atoms with Crippen LogP contribution >= 0.6 is 0 Å². The molecule has 0 aromatic heterocycles. The van der Waals surface area contributed by atoms with Crippen LogP contribution in [0.5, 0.6) is 0 Å². The van der Waals surface area contributed by atoms with E-state index in [4.69, 9.17) is 0 Å². The van der Waals surface area contributed by atoms with Crippen molar-refractivity contribution in [3.8, 4) is 33.4 Å². The molecule has 0 heterocycles. The first kappa shape index (κ1) is 30.1. The third kappa shape index (κ3) is 4.99. The molecule has 1 aliphatic carbocycles. The van der Waals surface area contributed by atoms with Crippen LogP contribution in [0.1, 0.15) is 37.0 Å². The van der Waals surface area contributed by atoms with Crippen LogP contribution in [0, 0.1) is 0 Å². The predicted octanol–water partition coefficient (Wildman–Crippen LogP) is 12.1. The second kappa shape index (κ2) is 12.5. The Morgan fingerprint density at radius 3 is 1.86 bits per heavy atom. The summed E-state index contributed by atoms with van der Waals surface area (Å²) in [6, 6.07) is 56.3. The lowest BCUT2D eigenvalue weighted by Gasteiger charge is -2.21. The average molecular weight is 639 g/mol. The Morgan fingerprint density at radius 1 is 0.420 bits per heavy atom. The van der Waals surface area contributed by atoms with E-state index in [2.05, 4.69) is 184 Å². The summed E-state index contributed by atoms with van der Waals surface area (Å²) >= 11 is 0. The molecule has 0 saturated heterocycles. The Labute approximate surface area is 294 Å². The Kier molecular flexibility index (Phi) is 7.51. The predicted molar refractivity (Wildman–Crippen MR) is 217 cm³/mol. The molecule has 1 aliphatic rings. The molecule has 238 valence electrons. The first-order valence-corrected chi connectivity index (χ1v) is 17.8. The summed E-state index contributed by atoms with van der Waals surface area (Å²) in [5, 5.41) is 10.2. The molecular weight excluding hydrogens is 601 g/mol. The van der Waals surface area contributed by atoms with Crippen LogP contribution in [0.3, 0.4) is 0 Å². The largest absolute Gasteiger partial charge is 0.0791 e. The van der Waals surface area contributed by atoms with E-state index in [0.717, 1.165) is 12.8 Å². The zero-order valence-electron chi connectivity index (χ0n) is 28.6. The number of fused-ring (bicyclic) bond motifs is 4. The van der Waals surface area contributed by atoms with Gasteiger partial charge < -0.3 is 0 Å². The number of benzene rings is 8. The fourth-order valence-corrected chi connectivity index (χ4v) is 8.31. The molecule has 50 heavy (non-hydrogen) atoms. The van der Waals surface area contributed by atoms with E-state index in [1.165, 1.54) is 98.4 Å². The summed E-state index contributed by atoms with van der Waals surface area (Å²) in [5.74, 6) is 0. The highest BCUT2D eigenvalue weighted by atomic mass is 14.2. The topological polar surface area (TPSA) is 0 Å². The average Bonchev–Trinajstić information content (AvgIpc) is 3.19. The molecule has 8 aromatic rings. The van der Waals surface area contributed by atoms with Crippen molar-refractivity contribution in [3.05, 3.63) is 185 Å². The van der Waals surface area contributed by atoms with Crippen molar-refractivity contribution in [3.63, 3.8) is 0 Å². The van der Waals surface area contributed by atoms with Crippen LogP contribution in [0.4, 0.5) is 0 Å². The molecule has 0 nitrogen and oxygen atoms in total. The second-order valence-electron chi connectivity index (χ2n) is 13.4. The maximum atomic E-state index is 2.47. The molecule has 0 saturated carbocycles. The lowest BCUT2D eigenvalue weighted by atomic mass is 9.83. The first-order chi connectivity index (χ1) is 24.7. The third-order valence-corrected chi connectivity index (χ3v) is 10.7. The summed E-state index contributed by atoms with van der Waals surface area (Å²) in [7, 11) is 0. The summed E-state index contributed by atoms with van der Waals surface area (Å²) < 4.78 is 0. The van der Waals surface area contributed by atoms with Gasteiger partial charge in [0, 0.05) is 0 Å². The molecule has 9 rings (SSSR count). The quantitative estimate of drug-likeness (QED) is 0.180. The van der Waals surface area contributed by atoms with Gasteiger partial charge in [0.15, 0.2) is 0 Å². The summed E-state index contributed by atoms with van der Waals surface area (Å²) in [6.07, 6.45) is 9.22. The molecule has 0 unspecified atom stereocenters. The molecule has 0 bridgehead atoms. The van der Waals surface area contributed by atoms with E-state index >= 15 is 0 Å². The highest BCUT2D eigenvalue weighted by molar-refractivity contribution is 6.08. The van der Waals surface area contributed by atoms with Gasteiger partial charge >= 0.3 is 0 Å². The van der Waals surface area contributed by atoms with Gasteiger partial charge in [-0.15, -0.1) is 0 Å². The normalized spacial score (nSPS) is 13.6. The van der Waals surface area contributed by atoms with Crippen molar-refractivity contribution in [1.29, 1.82) is 0 Å². The van der Waals surface area contributed by atoms with Crippen LogP contribution in [0.2, 0.25) is 0 Å². The van der Waals surface area contributed by atoms with Crippen LogP contribution in [-0.2, 0) is 6.42 Å². The summed E-state index contributed by atoms with van der Waals surface area (Å²) in [5.41, 5.74) is 13.0. The molecule has 0 fully saturated rings. The van der Waals surface area contributed by atoms with Gasteiger partial charge in [-0.3, -0.25) is 0 Å². The monoisotopic (exact) mass is 638 g/mol. The summed E-state index contributed by atoms with van der Waals surface area (Å²) in [4.78, 5) is 0. The fraction of sp³-hybridized carbons (Fsp3) is 0.0800. The molecule has 0 atom stereocenters. The van der Waals surface area contributed by atoms with Crippen molar-refractivity contribution in [2.24, 2.45) is 0 Å². The molecule has 0 radical (unpaired) electrons. The van der Waals surface area contributed by atoms with Gasteiger partial charge in [0.05, 0.1) is 0 Å². The number of hydrogen-bond acceptors (Lipinski definition) is 0. The highest BCUT2D eigenvalue weighted by Crippen LogP contribution is 2.38. The lowest BCUT2D eigenvalue weighted by molar-refractivity contribution is 0.978. The van der Waals surface area contributed by atoms with E-state index in [9.17, 15) is 0 Å². The van der Waals surface area contributed by atoms with Crippen LogP contribution in [-0.4, -0.2) is 0 Å². The van der Waals surface area contributed by atoms with Crippen LogP contribution < -0.4 is 10.4 Å². The van der Waals surface area contributed by atoms with Crippen molar-refractivity contribution >= 4 is 50.0 Å². The number of aryl methyl sites for hydroxylation is 1. The fourth-order valence-electron chi connectivity index (χ4n) is 8.31. The minimum Gasteiger partial charge on any atom is -0.0791 e. The molecule has 0 aliphatic heterocycles. The standard InChI is InChI=1S/C50H38/c1-3-41-42(4-2)50(40-28-23-33-13-5-6-16-38(33)31-40)47-30-29-39(46-22-12-18-35-15-8-10-20-44(35)46)32-48(47)49(41)37-26-24-36(25-27-37)45-21-11-17-34-14-7-9-19-43(34)45/h3-11,13-17,19-32H,12,18H2,1-2H3/b41-3+,42-4+. The molecular formula is C50H38. The zero-order chi connectivity index (χ0) is 33.6. The molecule has 0 spiro atoms. The van der Waals surface area contributed by atoms with E-state index in [1.54, 1.807) is 0 Å². The van der Waals surface area contributed by atoms with Crippen molar-refractivity contribution in [1.82, 2.24) is 0 Å². The molecule has 0 N–H and O–H groups in total. The highest BCUT2D eigenvalue weighted by Gasteiger charge is 2.19. The van der Waals surface area contributed by atoms with Crippen molar-refractivity contribution < 1.29 is 0 Å².